The molecule has 0 bridgehead atoms. The maximum Gasteiger partial charge on any atom is 0.164 e. The summed E-state index contributed by atoms with van der Waals surface area (Å²) >= 11 is 0. The standard InChI is InChI=1S/C50H32N6/c1-4-12-33(13-5-1)43-32-45(34-14-6-2-7-15-34)53-47-42(43)24-22-35-23-25-44(52-46(35)47)40-20-10-18-38(30-40)39-19-11-21-41(31-39)50-55-48(36-16-8-3-9-17-36)54-49(56-50)37-26-28-51-29-27-37/h1-32H. The van der Waals surface area contributed by atoms with Crippen molar-refractivity contribution in [2.75, 3.05) is 0 Å². The van der Waals surface area contributed by atoms with Gasteiger partial charge < -0.3 is 0 Å². The Morgan fingerprint density at radius 3 is 1.46 bits per heavy atom. The van der Waals surface area contributed by atoms with Crippen molar-refractivity contribution < 1.29 is 0 Å². The number of benzene rings is 6. The number of aromatic nitrogens is 6. The Morgan fingerprint density at radius 2 is 0.786 bits per heavy atom. The molecule has 0 radical (unpaired) electrons. The van der Waals surface area contributed by atoms with Gasteiger partial charge in [0.25, 0.3) is 0 Å². The van der Waals surface area contributed by atoms with Gasteiger partial charge in [-0.15, -0.1) is 0 Å². The van der Waals surface area contributed by atoms with Crippen molar-refractivity contribution in [1.29, 1.82) is 0 Å². The summed E-state index contributed by atoms with van der Waals surface area (Å²) in [6.45, 7) is 0. The molecule has 0 aliphatic carbocycles. The van der Waals surface area contributed by atoms with Crippen molar-refractivity contribution in [3.63, 3.8) is 0 Å². The fourth-order valence-electron chi connectivity index (χ4n) is 7.19. The van der Waals surface area contributed by atoms with Gasteiger partial charge in [0.1, 0.15) is 0 Å². The molecular formula is C50H32N6. The molecule has 6 heteroatoms. The van der Waals surface area contributed by atoms with Crippen molar-refractivity contribution in [3.8, 4) is 78.9 Å². The maximum atomic E-state index is 5.33. The molecule has 4 heterocycles. The first-order valence-electron chi connectivity index (χ1n) is 18.5. The lowest BCUT2D eigenvalue weighted by Crippen LogP contribution is -2.00. The third kappa shape index (κ3) is 6.35. The van der Waals surface area contributed by atoms with Gasteiger partial charge in [-0.1, -0.05) is 146 Å². The van der Waals surface area contributed by atoms with Gasteiger partial charge in [0.05, 0.1) is 22.4 Å². The molecule has 0 atom stereocenters. The Labute approximate surface area is 324 Å². The lowest BCUT2D eigenvalue weighted by molar-refractivity contribution is 1.07. The summed E-state index contributed by atoms with van der Waals surface area (Å²) in [5.74, 6) is 1.81. The van der Waals surface area contributed by atoms with Crippen LogP contribution in [0.15, 0.2) is 194 Å². The molecule has 0 saturated carbocycles. The first-order valence-corrected chi connectivity index (χ1v) is 18.5. The molecule has 0 N–H and O–H groups in total. The van der Waals surface area contributed by atoms with Crippen LogP contribution in [0.5, 0.6) is 0 Å². The molecule has 0 saturated heterocycles. The topological polar surface area (TPSA) is 77.3 Å². The molecule has 0 aliphatic heterocycles. The van der Waals surface area contributed by atoms with Crippen LogP contribution in [0.4, 0.5) is 0 Å². The molecule has 0 unspecified atom stereocenters. The minimum atomic E-state index is 0.597. The van der Waals surface area contributed by atoms with Crippen molar-refractivity contribution in [1.82, 2.24) is 29.9 Å². The predicted molar refractivity (Wildman–Crippen MR) is 226 cm³/mol. The zero-order valence-electron chi connectivity index (χ0n) is 30.2. The normalized spacial score (nSPS) is 11.2. The van der Waals surface area contributed by atoms with Crippen molar-refractivity contribution in [2.24, 2.45) is 0 Å². The van der Waals surface area contributed by atoms with E-state index in [2.05, 4.69) is 126 Å². The molecule has 4 aromatic heterocycles. The number of hydrogen-bond acceptors (Lipinski definition) is 6. The van der Waals surface area contributed by atoms with Crippen molar-refractivity contribution >= 4 is 21.8 Å². The average molecular weight is 717 g/mol. The fraction of sp³-hybridized carbons (Fsp3) is 0. The summed E-state index contributed by atoms with van der Waals surface area (Å²) in [6, 6.07) is 62.3. The van der Waals surface area contributed by atoms with Crippen LogP contribution < -0.4 is 0 Å². The molecule has 0 aliphatic rings. The van der Waals surface area contributed by atoms with Crippen LogP contribution in [0.2, 0.25) is 0 Å². The molecule has 0 fully saturated rings. The van der Waals surface area contributed by atoms with Gasteiger partial charge in [-0.25, -0.2) is 24.9 Å². The van der Waals surface area contributed by atoms with Gasteiger partial charge in [0, 0.05) is 51.0 Å². The summed E-state index contributed by atoms with van der Waals surface area (Å²) < 4.78 is 0. The highest BCUT2D eigenvalue weighted by atomic mass is 15.0. The minimum Gasteiger partial charge on any atom is -0.265 e. The van der Waals surface area contributed by atoms with Crippen LogP contribution in [0.3, 0.4) is 0 Å². The van der Waals surface area contributed by atoms with Crippen LogP contribution in [-0.4, -0.2) is 29.9 Å². The van der Waals surface area contributed by atoms with Gasteiger partial charge in [-0.2, -0.15) is 0 Å². The first kappa shape index (κ1) is 32.9. The summed E-state index contributed by atoms with van der Waals surface area (Å²) in [6.07, 6.45) is 3.50. The Balaban J connectivity index is 1.07. The monoisotopic (exact) mass is 716 g/mol. The minimum absolute atomic E-state index is 0.597. The summed E-state index contributed by atoms with van der Waals surface area (Å²) in [4.78, 5) is 29.5. The highest BCUT2D eigenvalue weighted by Crippen LogP contribution is 2.36. The number of pyridine rings is 3. The first-order chi connectivity index (χ1) is 27.7. The molecule has 0 spiro atoms. The summed E-state index contributed by atoms with van der Waals surface area (Å²) in [7, 11) is 0. The summed E-state index contributed by atoms with van der Waals surface area (Å²) in [5.41, 5.74) is 12.7. The largest absolute Gasteiger partial charge is 0.265 e. The second-order valence-corrected chi connectivity index (χ2v) is 13.6. The third-order valence-electron chi connectivity index (χ3n) is 10.0. The van der Waals surface area contributed by atoms with E-state index in [1.807, 2.05) is 60.7 Å². The zero-order valence-corrected chi connectivity index (χ0v) is 30.2. The quantitative estimate of drug-likeness (QED) is 0.153. The third-order valence-corrected chi connectivity index (χ3v) is 10.0. The van der Waals surface area contributed by atoms with Crippen molar-refractivity contribution in [2.45, 2.75) is 0 Å². The van der Waals surface area contributed by atoms with E-state index in [1.165, 1.54) is 0 Å². The highest BCUT2D eigenvalue weighted by molar-refractivity contribution is 6.09. The van der Waals surface area contributed by atoms with Crippen LogP contribution in [0.1, 0.15) is 0 Å². The molecule has 262 valence electrons. The molecule has 56 heavy (non-hydrogen) atoms. The van der Waals surface area contributed by atoms with E-state index in [4.69, 9.17) is 24.9 Å². The fourth-order valence-corrected chi connectivity index (χ4v) is 7.19. The molecular weight excluding hydrogens is 685 g/mol. The molecule has 0 amide bonds. The van der Waals surface area contributed by atoms with E-state index in [0.29, 0.717) is 17.5 Å². The average Bonchev–Trinajstić information content (AvgIpc) is 3.29. The predicted octanol–water partition coefficient (Wildman–Crippen LogP) is 12.0. The second kappa shape index (κ2) is 14.3. The highest BCUT2D eigenvalue weighted by Gasteiger charge is 2.16. The molecule has 6 nitrogen and oxygen atoms in total. The van der Waals surface area contributed by atoms with Crippen LogP contribution in [0.25, 0.3) is 101 Å². The van der Waals surface area contributed by atoms with E-state index in [0.717, 1.165) is 83.3 Å². The van der Waals surface area contributed by atoms with Gasteiger partial charge in [0.2, 0.25) is 0 Å². The Hall–Kier alpha value is -7.70. The van der Waals surface area contributed by atoms with E-state index < -0.39 is 0 Å². The van der Waals surface area contributed by atoms with E-state index in [-0.39, 0.29) is 0 Å². The van der Waals surface area contributed by atoms with Crippen LogP contribution in [0, 0.1) is 0 Å². The lowest BCUT2D eigenvalue weighted by Gasteiger charge is -2.13. The number of hydrogen-bond donors (Lipinski definition) is 0. The smallest absolute Gasteiger partial charge is 0.164 e. The van der Waals surface area contributed by atoms with Gasteiger partial charge in [-0.3, -0.25) is 4.98 Å². The number of rotatable bonds is 7. The molecule has 6 aromatic carbocycles. The Morgan fingerprint density at radius 1 is 0.286 bits per heavy atom. The van der Waals surface area contributed by atoms with Crippen LogP contribution >= 0.6 is 0 Å². The Kier molecular flexibility index (Phi) is 8.39. The SMILES string of the molecule is c1ccc(-c2cc(-c3ccccc3)c3ccc4ccc(-c5cccc(-c6cccc(-c7nc(-c8ccccc8)nc(-c8ccncc8)n7)c6)c5)nc4c3n2)cc1. The van der Waals surface area contributed by atoms with Gasteiger partial charge in [-0.05, 0) is 58.7 Å². The second-order valence-electron chi connectivity index (χ2n) is 13.6. The van der Waals surface area contributed by atoms with Crippen LogP contribution in [-0.2, 0) is 0 Å². The molecule has 10 aromatic rings. The number of fused-ring (bicyclic) bond motifs is 3. The van der Waals surface area contributed by atoms with E-state index in [1.54, 1.807) is 12.4 Å². The Bertz CT molecular complexity index is 2950. The van der Waals surface area contributed by atoms with E-state index in [9.17, 15) is 0 Å². The number of nitrogens with zero attached hydrogens (tertiary/aromatic N) is 6. The zero-order chi connectivity index (χ0) is 37.3. The molecule has 10 rings (SSSR count). The van der Waals surface area contributed by atoms with Gasteiger partial charge in [0.15, 0.2) is 17.5 Å². The van der Waals surface area contributed by atoms with Crippen molar-refractivity contribution in [3.05, 3.63) is 194 Å². The van der Waals surface area contributed by atoms with Gasteiger partial charge >= 0.3 is 0 Å². The maximum absolute atomic E-state index is 5.33. The summed E-state index contributed by atoms with van der Waals surface area (Å²) in [5, 5.41) is 2.11. The lowest BCUT2D eigenvalue weighted by atomic mass is 9.96. The van der Waals surface area contributed by atoms with E-state index >= 15 is 0 Å².